The van der Waals surface area contributed by atoms with E-state index in [2.05, 4.69) is 48.4 Å². The second-order valence-electron chi connectivity index (χ2n) is 5.50. The van der Waals surface area contributed by atoms with Gasteiger partial charge >= 0.3 is 0 Å². The summed E-state index contributed by atoms with van der Waals surface area (Å²) in [5.41, 5.74) is 6.44. The molecule has 3 heteroatoms. The third-order valence-corrected chi connectivity index (χ3v) is 4.07. The van der Waals surface area contributed by atoms with Gasteiger partial charge in [-0.3, -0.25) is 0 Å². The van der Waals surface area contributed by atoms with Gasteiger partial charge in [0.15, 0.2) is 0 Å². The molecule has 0 saturated heterocycles. The van der Waals surface area contributed by atoms with Gasteiger partial charge in [0.25, 0.3) is 0 Å². The molecule has 0 spiro atoms. The third kappa shape index (κ3) is 2.73. The molecular formula is C17H21N3. The Morgan fingerprint density at radius 3 is 2.80 bits per heavy atom. The number of hydrogen-bond acceptors (Lipinski definition) is 3. The van der Waals surface area contributed by atoms with Gasteiger partial charge in [0, 0.05) is 37.2 Å². The van der Waals surface area contributed by atoms with Crippen LogP contribution in [0.3, 0.4) is 0 Å². The van der Waals surface area contributed by atoms with E-state index in [9.17, 15) is 0 Å². The first kappa shape index (κ1) is 13.3. The molecule has 0 fully saturated rings. The Balaban J connectivity index is 1.78. The van der Waals surface area contributed by atoms with E-state index >= 15 is 0 Å². The Hall–Kier alpha value is -1.74. The Kier molecular flexibility index (Phi) is 3.79. The predicted octanol–water partition coefficient (Wildman–Crippen LogP) is 2.52. The van der Waals surface area contributed by atoms with Crippen molar-refractivity contribution in [3.8, 4) is 0 Å². The van der Waals surface area contributed by atoms with Gasteiger partial charge in [-0.2, -0.15) is 0 Å². The normalized spacial score (nSPS) is 14.1. The van der Waals surface area contributed by atoms with E-state index in [0.29, 0.717) is 0 Å². The van der Waals surface area contributed by atoms with Crippen molar-refractivity contribution in [2.75, 3.05) is 6.54 Å². The lowest BCUT2D eigenvalue weighted by Crippen LogP contribution is -2.26. The molecule has 0 aliphatic carbocycles. The predicted molar refractivity (Wildman–Crippen MR) is 80.8 cm³/mol. The molecule has 0 radical (unpaired) electrons. The van der Waals surface area contributed by atoms with Crippen molar-refractivity contribution in [2.45, 2.75) is 39.7 Å². The molecule has 20 heavy (non-hydrogen) atoms. The van der Waals surface area contributed by atoms with Crippen molar-refractivity contribution < 1.29 is 0 Å². The summed E-state index contributed by atoms with van der Waals surface area (Å²) in [6.07, 6.45) is 2.96. The Bertz CT molecular complexity index is 620. The van der Waals surface area contributed by atoms with Crippen molar-refractivity contribution >= 4 is 0 Å². The third-order valence-electron chi connectivity index (χ3n) is 4.07. The number of aromatic nitrogens is 2. The van der Waals surface area contributed by atoms with Crippen LogP contribution in [0.15, 0.2) is 24.3 Å². The highest BCUT2D eigenvalue weighted by atomic mass is 14.9. The maximum atomic E-state index is 4.77. The number of aryl methyl sites for hydroxylation is 4. The van der Waals surface area contributed by atoms with Gasteiger partial charge in [-0.05, 0) is 31.4 Å². The summed E-state index contributed by atoms with van der Waals surface area (Å²) in [7, 11) is 0. The van der Waals surface area contributed by atoms with Crippen molar-refractivity contribution in [1.82, 2.24) is 15.3 Å². The van der Waals surface area contributed by atoms with E-state index < -0.39 is 0 Å². The zero-order valence-electron chi connectivity index (χ0n) is 12.2. The lowest BCUT2D eigenvalue weighted by Gasteiger charge is -2.18. The first-order chi connectivity index (χ1) is 9.74. The maximum absolute atomic E-state index is 4.77. The maximum Gasteiger partial charge on any atom is 0.129 e. The monoisotopic (exact) mass is 267 g/mol. The van der Waals surface area contributed by atoms with Crippen LogP contribution < -0.4 is 5.32 Å². The molecule has 3 nitrogen and oxygen atoms in total. The molecule has 0 amide bonds. The fourth-order valence-electron chi connectivity index (χ4n) is 2.82. The van der Waals surface area contributed by atoms with Gasteiger partial charge in [-0.1, -0.05) is 24.3 Å². The molecule has 1 aliphatic rings. The molecule has 2 aromatic rings. The quantitative estimate of drug-likeness (QED) is 0.928. The molecule has 1 aromatic heterocycles. The second-order valence-corrected chi connectivity index (χ2v) is 5.50. The summed E-state index contributed by atoms with van der Waals surface area (Å²) in [5, 5.41) is 3.39. The summed E-state index contributed by atoms with van der Waals surface area (Å²) in [5.74, 6) is 0.992. The Labute approximate surface area is 120 Å². The fraction of sp³-hybridized carbons (Fsp3) is 0.412. The van der Waals surface area contributed by atoms with Crippen molar-refractivity contribution in [3.63, 3.8) is 0 Å². The topological polar surface area (TPSA) is 37.8 Å². The molecule has 0 bridgehead atoms. The van der Waals surface area contributed by atoms with Gasteiger partial charge in [0.1, 0.15) is 5.82 Å². The second kappa shape index (κ2) is 5.71. The lowest BCUT2D eigenvalue weighted by molar-refractivity contribution is 0.613. The van der Waals surface area contributed by atoms with Crippen molar-refractivity contribution in [1.29, 1.82) is 0 Å². The fourth-order valence-corrected chi connectivity index (χ4v) is 2.82. The van der Waals surface area contributed by atoms with Crippen LogP contribution >= 0.6 is 0 Å². The van der Waals surface area contributed by atoms with Crippen LogP contribution in [0.1, 0.15) is 33.9 Å². The summed E-state index contributed by atoms with van der Waals surface area (Å²) in [4.78, 5) is 9.45. The van der Waals surface area contributed by atoms with Gasteiger partial charge < -0.3 is 5.32 Å². The molecule has 104 valence electrons. The summed E-state index contributed by atoms with van der Waals surface area (Å²) < 4.78 is 0. The average Bonchev–Trinajstić information content (AvgIpc) is 2.46. The van der Waals surface area contributed by atoms with Crippen LogP contribution in [0.4, 0.5) is 0 Å². The van der Waals surface area contributed by atoms with Gasteiger partial charge in [-0.25, -0.2) is 9.97 Å². The van der Waals surface area contributed by atoms with Crippen molar-refractivity contribution in [2.24, 2.45) is 0 Å². The van der Waals surface area contributed by atoms with Crippen molar-refractivity contribution in [3.05, 3.63) is 58.2 Å². The molecule has 1 N–H and O–H groups in total. The highest BCUT2D eigenvalue weighted by Gasteiger charge is 2.15. The molecule has 3 rings (SSSR count). The smallest absolute Gasteiger partial charge is 0.129 e. The van der Waals surface area contributed by atoms with E-state index in [1.807, 2.05) is 0 Å². The SMILES string of the molecule is Cc1ccccc1CCc1nc(C)c2c(n1)CCNC2. The van der Waals surface area contributed by atoms with Crippen LogP contribution in [-0.2, 0) is 25.8 Å². The standard InChI is InChI=1S/C17H21N3/c1-12-5-3-4-6-14(12)7-8-17-19-13(2)15-11-18-10-9-16(15)20-17/h3-6,18H,7-11H2,1-2H3. The lowest BCUT2D eigenvalue weighted by atomic mass is 10.0. The zero-order chi connectivity index (χ0) is 13.9. The minimum atomic E-state index is 0.916. The molecule has 2 heterocycles. The van der Waals surface area contributed by atoms with Crippen LogP contribution in [0.2, 0.25) is 0 Å². The minimum absolute atomic E-state index is 0.916. The van der Waals surface area contributed by atoms with Crippen LogP contribution in [0.25, 0.3) is 0 Å². The van der Waals surface area contributed by atoms with Crippen LogP contribution in [0.5, 0.6) is 0 Å². The number of rotatable bonds is 3. The number of nitrogens with one attached hydrogen (secondary N) is 1. The summed E-state index contributed by atoms with van der Waals surface area (Å²) >= 11 is 0. The van der Waals surface area contributed by atoms with Gasteiger partial charge in [-0.15, -0.1) is 0 Å². The number of nitrogens with zero attached hydrogens (tertiary/aromatic N) is 2. The van der Waals surface area contributed by atoms with Gasteiger partial charge in [0.05, 0.1) is 5.69 Å². The highest BCUT2D eigenvalue weighted by Crippen LogP contribution is 2.16. The molecule has 0 atom stereocenters. The Morgan fingerprint density at radius 1 is 1.10 bits per heavy atom. The number of hydrogen-bond donors (Lipinski definition) is 1. The first-order valence-electron chi connectivity index (χ1n) is 7.34. The number of benzene rings is 1. The largest absolute Gasteiger partial charge is 0.312 e. The number of fused-ring (bicyclic) bond motifs is 1. The average molecular weight is 267 g/mol. The summed E-state index contributed by atoms with van der Waals surface area (Å²) in [6, 6.07) is 8.56. The molecule has 1 aliphatic heterocycles. The van der Waals surface area contributed by atoms with E-state index in [4.69, 9.17) is 4.98 Å². The first-order valence-corrected chi connectivity index (χ1v) is 7.34. The molecular weight excluding hydrogens is 246 g/mol. The van der Waals surface area contributed by atoms with Gasteiger partial charge in [0.2, 0.25) is 0 Å². The molecule has 0 saturated carbocycles. The van der Waals surface area contributed by atoms with E-state index in [1.165, 1.54) is 22.4 Å². The Morgan fingerprint density at radius 2 is 1.95 bits per heavy atom. The molecule has 0 unspecified atom stereocenters. The van der Waals surface area contributed by atoms with E-state index in [-0.39, 0.29) is 0 Å². The summed E-state index contributed by atoms with van der Waals surface area (Å²) in [6.45, 7) is 6.21. The minimum Gasteiger partial charge on any atom is -0.312 e. The zero-order valence-corrected chi connectivity index (χ0v) is 12.2. The van der Waals surface area contributed by atoms with Crippen LogP contribution in [0, 0.1) is 13.8 Å². The van der Waals surface area contributed by atoms with E-state index in [0.717, 1.165) is 43.9 Å². The van der Waals surface area contributed by atoms with Crippen LogP contribution in [-0.4, -0.2) is 16.5 Å². The van der Waals surface area contributed by atoms with E-state index in [1.54, 1.807) is 0 Å². The molecule has 1 aromatic carbocycles. The highest BCUT2D eigenvalue weighted by molar-refractivity contribution is 5.29.